The van der Waals surface area contributed by atoms with Gasteiger partial charge in [-0.25, -0.2) is 5.01 Å². The normalized spacial score (nSPS) is 13.8. The monoisotopic (exact) mass is 269 g/mol. The second-order valence-electron chi connectivity index (χ2n) is 4.35. The van der Waals surface area contributed by atoms with Crippen molar-refractivity contribution in [2.75, 3.05) is 17.3 Å². The average Bonchev–Trinajstić information content (AvgIpc) is 2.97. The fourth-order valence-corrected chi connectivity index (χ4v) is 1.81. The summed E-state index contributed by atoms with van der Waals surface area (Å²) in [5.74, 6) is 1.45. The van der Waals surface area contributed by atoms with Crippen molar-refractivity contribution < 1.29 is 9.57 Å². The second kappa shape index (κ2) is 5.54. The highest BCUT2D eigenvalue weighted by molar-refractivity contribution is 5.48. The molecule has 0 bridgehead atoms. The van der Waals surface area contributed by atoms with Crippen molar-refractivity contribution in [3.63, 3.8) is 0 Å². The maximum absolute atomic E-state index is 5.62. The van der Waals surface area contributed by atoms with Crippen LogP contribution in [0.25, 0.3) is 0 Å². The van der Waals surface area contributed by atoms with E-state index in [0.717, 1.165) is 11.4 Å². The summed E-state index contributed by atoms with van der Waals surface area (Å²) in [4.78, 5) is 5.35. The van der Waals surface area contributed by atoms with Crippen LogP contribution in [0.3, 0.4) is 0 Å². The molecular weight excluding hydrogens is 254 g/mol. The highest BCUT2D eigenvalue weighted by Gasteiger charge is 2.15. The van der Waals surface area contributed by atoms with Gasteiger partial charge in [0.2, 0.25) is 0 Å². The third-order valence-corrected chi connectivity index (χ3v) is 2.84. The maximum Gasteiger partial charge on any atom is 0.181 e. The summed E-state index contributed by atoms with van der Waals surface area (Å²) in [5, 5.41) is 1.79. The Balaban J connectivity index is 1.60. The first kappa shape index (κ1) is 12.4. The molecule has 0 fully saturated rings. The first-order chi connectivity index (χ1) is 9.81. The SMILES string of the molecule is Nc1ccc(OCC2=CN(c3ccccc3)NO2)cc1. The molecule has 2 aromatic carbocycles. The van der Waals surface area contributed by atoms with Crippen LogP contribution in [0.1, 0.15) is 0 Å². The number of hydrogen-bond donors (Lipinski definition) is 2. The molecule has 0 radical (unpaired) electrons. The lowest BCUT2D eigenvalue weighted by Crippen LogP contribution is -2.26. The first-order valence-electron chi connectivity index (χ1n) is 6.27. The van der Waals surface area contributed by atoms with Gasteiger partial charge in [-0.3, -0.25) is 0 Å². The van der Waals surface area contributed by atoms with E-state index in [1.165, 1.54) is 0 Å². The molecular formula is C15H15N3O2. The van der Waals surface area contributed by atoms with Gasteiger partial charge in [0.1, 0.15) is 12.4 Å². The van der Waals surface area contributed by atoms with E-state index in [1.807, 2.05) is 48.7 Å². The Kier molecular flexibility index (Phi) is 3.43. The number of nitrogens with two attached hydrogens (primary N) is 1. The van der Waals surface area contributed by atoms with Gasteiger partial charge in [0.15, 0.2) is 5.76 Å². The van der Waals surface area contributed by atoms with Crippen molar-refractivity contribution >= 4 is 11.4 Å². The molecule has 0 saturated carbocycles. The molecule has 3 rings (SSSR count). The topological polar surface area (TPSA) is 59.8 Å². The van der Waals surface area contributed by atoms with E-state index in [-0.39, 0.29) is 0 Å². The third-order valence-electron chi connectivity index (χ3n) is 2.84. The highest BCUT2D eigenvalue weighted by atomic mass is 16.7. The van der Waals surface area contributed by atoms with E-state index in [9.17, 15) is 0 Å². The smallest absolute Gasteiger partial charge is 0.181 e. The molecule has 2 aromatic rings. The Morgan fingerprint density at radius 3 is 2.55 bits per heavy atom. The van der Waals surface area contributed by atoms with Gasteiger partial charge in [-0.1, -0.05) is 23.8 Å². The number of benzene rings is 2. The standard InChI is InChI=1S/C15H15N3O2/c16-12-6-8-14(9-7-12)19-11-15-10-18(17-20-15)13-4-2-1-3-5-13/h1-10,17H,11,16H2. The maximum atomic E-state index is 5.62. The van der Waals surface area contributed by atoms with Gasteiger partial charge >= 0.3 is 0 Å². The fraction of sp³-hybridized carbons (Fsp3) is 0.0667. The average molecular weight is 269 g/mol. The Bertz CT molecular complexity index is 596. The predicted molar refractivity (Wildman–Crippen MR) is 77.6 cm³/mol. The Labute approximate surface area is 117 Å². The molecule has 0 amide bonds. The molecule has 5 nitrogen and oxygen atoms in total. The Morgan fingerprint density at radius 1 is 1.05 bits per heavy atom. The summed E-state index contributed by atoms with van der Waals surface area (Å²) >= 11 is 0. The minimum Gasteiger partial charge on any atom is -0.486 e. The predicted octanol–water partition coefficient (Wildman–Crippen LogP) is 2.45. The van der Waals surface area contributed by atoms with E-state index in [2.05, 4.69) is 5.59 Å². The highest BCUT2D eigenvalue weighted by Crippen LogP contribution is 2.19. The minimum absolute atomic E-state index is 0.347. The van der Waals surface area contributed by atoms with Crippen LogP contribution < -0.4 is 21.1 Å². The summed E-state index contributed by atoms with van der Waals surface area (Å²) < 4.78 is 5.61. The zero-order chi connectivity index (χ0) is 13.8. The molecule has 20 heavy (non-hydrogen) atoms. The molecule has 0 saturated heterocycles. The summed E-state index contributed by atoms with van der Waals surface area (Å²) in [7, 11) is 0. The van der Waals surface area contributed by atoms with Crippen molar-refractivity contribution in [2.45, 2.75) is 0 Å². The lowest BCUT2D eigenvalue weighted by Gasteiger charge is -2.12. The molecule has 0 atom stereocenters. The van der Waals surface area contributed by atoms with E-state index < -0.39 is 0 Å². The van der Waals surface area contributed by atoms with Gasteiger partial charge in [0, 0.05) is 5.69 Å². The van der Waals surface area contributed by atoms with Crippen LogP contribution in [0.4, 0.5) is 11.4 Å². The van der Waals surface area contributed by atoms with E-state index >= 15 is 0 Å². The summed E-state index contributed by atoms with van der Waals surface area (Å²) in [6.45, 7) is 0.347. The quantitative estimate of drug-likeness (QED) is 0.835. The van der Waals surface area contributed by atoms with Crippen LogP contribution >= 0.6 is 0 Å². The molecule has 1 aliphatic rings. The molecule has 3 N–H and O–H groups in total. The number of rotatable bonds is 4. The first-order valence-corrected chi connectivity index (χ1v) is 6.27. The van der Waals surface area contributed by atoms with Crippen molar-refractivity contribution in [1.82, 2.24) is 5.59 Å². The zero-order valence-corrected chi connectivity index (χ0v) is 10.8. The molecule has 5 heteroatoms. The van der Waals surface area contributed by atoms with Crippen molar-refractivity contribution in [1.29, 1.82) is 0 Å². The summed E-state index contributed by atoms with van der Waals surface area (Å²) in [5.41, 5.74) is 10.1. The van der Waals surface area contributed by atoms with Crippen molar-refractivity contribution in [3.8, 4) is 5.75 Å². The van der Waals surface area contributed by atoms with E-state index in [1.54, 1.807) is 17.1 Å². The summed E-state index contributed by atoms with van der Waals surface area (Å²) in [6, 6.07) is 17.1. The Morgan fingerprint density at radius 2 is 1.80 bits per heavy atom. The minimum atomic E-state index is 0.347. The number of nitrogens with one attached hydrogen (secondary N) is 1. The van der Waals surface area contributed by atoms with Gasteiger partial charge in [0.25, 0.3) is 0 Å². The number of nitrogens with zero attached hydrogens (tertiary/aromatic N) is 1. The molecule has 0 spiro atoms. The molecule has 1 heterocycles. The molecule has 0 aromatic heterocycles. The van der Waals surface area contributed by atoms with E-state index in [4.69, 9.17) is 15.3 Å². The Hall–Kier alpha value is -2.66. The number of hydrogen-bond acceptors (Lipinski definition) is 5. The van der Waals surface area contributed by atoms with Gasteiger partial charge in [-0.15, -0.1) is 0 Å². The number of hydrazine groups is 1. The van der Waals surface area contributed by atoms with Crippen LogP contribution in [-0.2, 0) is 4.84 Å². The zero-order valence-electron chi connectivity index (χ0n) is 10.8. The second-order valence-corrected chi connectivity index (χ2v) is 4.35. The van der Waals surface area contributed by atoms with Crippen LogP contribution in [0.5, 0.6) is 5.75 Å². The number of nitrogen functional groups attached to an aromatic ring is 1. The lowest BCUT2D eigenvalue weighted by molar-refractivity contribution is 0.107. The largest absolute Gasteiger partial charge is 0.486 e. The van der Waals surface area contributed by atoms with E-state index in [0.29, 0.717) is 18.1 Å². The third kappa shape index (κ3) is 2.84. The number of ether oxygens (including phenoxy) is 1. The number of anilines is 2. The van der Waals surface area contributed by atoms with Crippen LogP contribution in [0.2, 0.25) is 0 Å². The number of para-hydroxylation sites is 1. The van der Waals surface area contributed by atoms with Crippen LogP contribution in [0, 0.1) is 0 Å². The van der Waals surface area contributed by atoms with Gasteiger partial charge in [-0.05, 0) is 36.4 Å². The van der Waals surface area contributed by atoms with Crippen LogP contribution in [-0.4, -0.2) is 6.61 Å². The van der Waals surface area contributed by atoms with Gasteiger partial charge in [0.05, 0.1) is 11.9 Å². The summed E-state index contributed by atoms with van der Waals surface area (Å²) in [6.07, 6.45) is 1.85. The molecule has 0 aliphatic carbocycles. The van der Waals surface area contributed by atoms with Crippen molar-refractivity contribution in [2.24, 2.45) is 0 Å². The van der Waals surface area contributed by atoms with Crippen molar-refractivity contribution in [3.05, 3.63) is 66.6 Å². The molecule has 0 unspecified atom stereocenters. The van der Waals surface area contributed by atoms with Gasteiger partial charge < -0.3 is 15.3 Å². The lowest BCUT2D eigenvalue weighted by atomic mass is 10.3. The molecule has 1 aliphatic heterocycles. The van der Waals surface area contributed by atoms with Gasteiger partial charge in [-0.2, -0.15) is 0 Å². The fourth-order valence-electron chi connectivity index (χ4n) is 1.81. The molecule has 102 valence electrons. The van der Waals surface area contributed by atoms with Crippen LogP contribution in [0.15, 0.2) is 66.6 Å².